The third-order valence-corrected chi connectivity index (χ3v) is 4.68. The first-order chi connectivity index (χ1) is 8.08. The van der Waals surface area contributed by atoms with E-state index in [1.807, 2.05) is 17.5 Å². The van der Waals surface area contributed by atoms with Crippen LogP contribution in [0.2, 0.25) is 0 Å². The third kappa shape index (κ3) is 3.35. The average molecular weight is 333 g/mol. The van der Waals surface area contributed by atoms with Crippen molar-refractivity contribution in [3.8, 4) is 0 Å². The predicted molar refractivity (Wildman–Crippen MR) is 70.3 cm³/mol. The first kappa shape index (κ1) is 12.7. The smallest absolute Gasteiger partial charge is 0.242 e. The molecule has 2 aromatic rings. The van der Waals surface area contributed by atoms with Crippen molar-refractivity contribution in [1.82, 2.24) is 9.71 Å². The zero-order chi connectivity index (χ0) is 12.3. The highest BCUT2D eigenvalue weighted by Crippen LogP contribution is 2.15. The fourth-order valence-corrected chi connectivity index (χ4v) is 3.45. The second-order valence-electron chi connectivity index (χ2n) is 3.24. The van der Waals surface area contributed by atoms with E-state index >= 15 is 0 Å². The fourth-order valence-electron chi connectivity index (χ4n) is 1.20. The van der Waals surface area contributed by atoms with Crippen LogP contribution in [0.4, 0.5) is 0 Å². The summed E-state index contributed by atoms with van der Waals surface area (Å²) in [5.41, 5.74) is 0. The Kier molecular flexibility index (Phi) is 3.93. The molecule has 90 valence electrons. The molecule has 0 aliphatic heterocycles. The summed E-state index contributed by atoms with van der Waals surface area (Å²) >= 11 is 4.70. The van der Waals surface area contributed by atoms with Gasteiger partial charge >= 0.3 is 0 Å². The number of hydrogen-bond acceptors (Lipinski definition) is 4. The summed E-state index contributed by atoms with van der Waals surface area (Å²) in [7, 11) is -3.49. The molecule has 0 aliphatic carbocycles. The van der Waals surface area contributed by atoms with Gasteiger partial charge in [-0.15, -0.1) is 11.3 Å². The number of sulfonamides is 1. The quantitative estimate of drug-likeness (QED) is 0.935. The van der Waals surface area contributed by atoms with Crippen LogP contribution < -0.4 is 4.72 Å². The van der Waals surface area contributed by atoms with E-state index in [0.29, 0.717) is 11.0 Å². The first-order valence-corrected chi connectivity index (χ1v) is 7.86. The van der Waals surface area contributed by atoms with E-state index < -0.39 is 10.0 Å². The lowest BCUT2D eigenvalue weighted by Gasteiger charge is -2.05. The van der Waals surface area contributed by atoms with Crippen LogP contribution in [0.15, 0.2) is 45.3 Å². The standard InChI is InChI=1S/C10H9BrN2O2S2/c11-8-4-10(7-12-5-8)17(14,15)13-6-9-2-1-3-16-9/h1-5,7,13H,6H2. The molecule has 0 saturated heterocycles. The molecular formula is C10H9BrN2O2S2. The zero-order valence-electron chi connectivity index (χ0n) is 8.63. The Morgan fingerprint density at radius 1 is 1.41 bits per heavy atom. The highest BCUT2D eigenvalue weighted by molar-refractivity contribution is 9.10. The van der Waals surface area contributed by atoms with E-state index in [4.69, 9.17) is 0 Å². The number of halogens is 1. The summed E-state index contributed by atoms with van der Waals surface area (Å²) in [6.45, 7) is 0.298. The van der Waals surface area contributed by atoms with Gasteiger partial charge in [0.25, 0.3) is 0 Å². The van der Waals surface area contributed by atoms with Gasteiger partial charge in [-0.2, -0.15) is 0 Å². The summed E-state index contributed by atoms with van der Waals surface area (Å²) in [5, 5.41) is 1.91. The number of pyridine rings is 1. The SMILES string of the molecule is O=S(=O)(NCc1cccs1)c1cncc(Br)c1. The molecule has 4 nitrogen and oxygen atoms in total. The van der Waals surface area contributed by atoms with Crippen molar-refractivity contribution in [1.29, 1.82) is 0 Å². The van der Waals surface area contributed by atoms with Crippen molar-refractivity contribution < 1.29 is 8.42 Å². The molecule has 0 aromatic carbocycles. The maximum Gasteiger partial charge on any atom is 0.242 e. The van der Waals surface area contributed by atoms with Crippen LogP contribution in [0.1, 0.15) is 4.88 Å². The van der Waals surface area contributed by atoms with Crippen LogP contribution in [0.3, 0.4) is 0 Å². The van der Waals surface area contributed by atoms with Crippen LogP contribution in [-0.4, -0.2) is 13.4 Å². The van der Waals surface area contributed by atoms with Crippen molar-refractivity contribution in [3.63, 3.8) is 0 Å². The number of aromatic nitrogens is 1. The summed E-state index contributed by atoms with van der Waals surface area (Å²) < 4.78 is 27.0. The maximum absolute atomic E-state index is 11.9. The van der Waals surface area contributed by atoms with Crippen molar-refractivity contribution in [2.24, 2.45) is 0 Å². The van der Waals surface area contributed by atoms with Gasteiger partial charge in [0.2, 0.25) is 10.0 Å². The highest BCUT2D eigenvalue weighted by atomic mass is 79.9. The Balaban J connectivity index is 2.14. The molecule has 1 N–H and O–H groups in total. The summed E-state index contributed by atoms with van der Waals surface area (Å²) in [5.74, 6) is 0. The largest absolute Gasteiger partial charge is 0.262 e. The molecular weight excluding hydrogens is 324 g/mol. The van der Waals surface area contributed by atoms with Crippen molar-refractivity contribution >= 4 is 37.3 Å². The number of nitrogens with zero attached hydrogens (tertiary/aromatic N) is 1. The Morgan fingerprint density at radius 2 is 2.24 bits per heavy atom. The Bertz CT molecular complexity index is 597. The van der Waals surface area contributed by atoms with Gasteiger partial charge in [-0.1, -0.05) is 6.07 Å². The average Bonchev–Trinajstić information content (AvgIpc) is 2.79. The lowest BCUT2D eigenvalue weighted by atomic mass is 10.5. The lowest BCUT2D eigenvalue weighted by molar-refractivity contribution is 0.581. The molecule has 2 heterocycles. The monoisotopic (exact) mass is 332 g/mol. The molecule has 0 spiro atoms. The minimum absolute atomic E-state index is 0.156. The van der Waals surface area contributed by atoms with E-state index in [9.17, 15) is 8.42 Å². The van der Waals surface area contributed by atoms with E-state index in [1.54, 1.807) is 0 Å². The molecule has 0 amide bonds. The maximum atomic E-state index is 11.9. The van der Waals surface area contributed by atoms with E-state index in [2.05, 4.69) is 25.6 Å². The van der Waals surface area contributed by atoms with Crippen molar-refractivity contribution in [2.75, 3.05) is 0 Å². The number of rotatable bonds is 4. The minimum atomic E-state index is -3.49. The Hall–Kier alpha value is -0.760. The summed E-state index contributed by atoms with van der Waals surface area (Å²) in [6.07, 6.45) is 2.86. The van der Waals surface area contributed by atoms with Crippen LogP contribution in [0.25, 0.3) is 0 Å². The molecule has 0 radical (unpaired) electrons. The van der Waals surface area contributed by atoms with Crippen LogP contribution >= 0.6 is 27.3 Å². The van der Waals surface area contributed by atoms with Crippen LogP contribution in [0.5, 0.6) is 0 Å². The fraction of sp³-hybridized carbons (Fsp3) is 0.100. The molecule has 17 heavy (non-hydrogen) atoms. The number of thiophene rings is 1. The molecule has 2 aromatic heterocycles. The molecule has 0 unspecified atom stereocenters. The molecule has 0 aliphatic rings. The number of nitrogens with one attached hydrogen (secondary N) is 1. The van der Waals surface area contributed by atoms with Gasteiger partial charge in [0, 0.05) is 28.3 Å². The van der Waals surface area contributed by atoms with E-state index in [0.717, 1.165) is 4.88 Å². The van der Waals surface area contributed by atoms with Gasteiger partial charge in [0.05, 0.1) is 0 Å². The van der Waals surface area contributed by atoms with Gasteiger partial charge in [-0.3, -0.25) is 4.98 Å². The molecule has 7 heteroatoms. The van der Waals surface area contributed by atoms with Gasteiger partial charge in [-0.25, -0.2) is 13.1 Å². The molecule has 0 atom stereocenters. The summed E-state index contributed by atoms with van der Waals surface area (Å²) in [4.78, 5) is 4.96. The minimum Gasteiger partial charge on any atom is -0.262 e. The van der Waals surface area contributed by atoms with Crippen LogP contribution in [0, 0.1) is 0 Å². The van der Waals surface area contributed by atoms with E-state index in [1.165, 1.54) is 29.8 Å². The highest BCUT2D eigenvalue weighted by Gasteiger charge is 2.14. The van der Waals surface area contributed by atoms with E-state index in [-0.39, 0.29) is 4.90 Å². The molecule has 0 fully saturated rings. The predicted octanol–water partition coefficient (Wildman–Crippen LogP) is 2.38. The van der Waals surface area contributed by atoms with Crippen LogP contribution in [-0.2, 0) is 16.6 Å². The van der Waals surface area contributed by atoms with Gasteiger partial charge < -0.3 is 0 Å². The van der Waals surface area contributed by atoms with Crippen molar-refractivity contribution in [3.05, 3.63) is 45.3 Å². The second-order valence-corrected chi connectivity index (χ2v) is 6.96. The van der Waals surface area contributed by atoms with Crippen molar-refractivity contribution in [2.45, 2.75) is 11.4 Å². The number of hydrogen-bond donors (Lipinski definition) is 1. The lowest BCUT2D eigenvalue weighted by Crippen LogP contribution is -2.22. The zero-order valence-corrected chi connectivity index (χ0v) is 11.8. The normalized spacial score (nSPS) is 11.6. The second kappa shape index (κ2) is 5.26. The Labute approximate surface area is 112 Å². The topological polar surface area (TPSA) is 59.1 Å². The first-order valence-electron chi connectivity index (χ1n) is 4.70. The van der Waals surface area contributed by atoms with Gasteiger partial charge in [0.1, 0.15) is 4.90 Å². The summed E-state index contributed by atoms with van der Waals surface area (Å²) in [6, 6.07) is 5.28. The third-order valence-electron chi connectivity index (χ3n) is 2.01. The molecule has 0 bridgehead atoms. The molecule has 0 saturated carbocycles. The molecule has 2 rings (SSSR count). The Morgan fingerprint density at radius 3 is 2.88 bits per heavy atom. The van der Waals surface area contributed by atoms with Gasteiger partial charge in [0.15, 0.2) is 0 Å². The van der Waals surface area contributed by atoms with Gasteiger partial charge in [-0.05, 0) is 33.4 Å².